The lowest BCUT2D eigenvalue weighted by molar-refractivity contribution is -0.138. The van der Waals surface area contributed by atoms with Crippen LogP contribution >= 0.6 is 0 Å². The third-order valence-electron chi connectivity index (χ3n) is 5.40. The van der Waals surface area contributed by atoms with Crippen molar-refractivity contribution in [2.24, 2.45) is 5.73 Å². The summed E-state index contributed by atoms with van der Waals surface area (Å²) in [6.45, 7) is 0. The van der Waals surface area contributed by atoms with Crippen molar-refractivity contribution in [2.75, 3.05) is 19.0 Å². The highest BCUT2D eigenvalue weighted by Gasteiger charge is 2.25. The van der Waals surface area contributed by atoms with Gasteiger partial charge in [0.1, 0.15) is 6.04 Å². The molecule has 0 saturated heterocycles. The van der Waals surface area contributed by atoms with Crippen LogP contribution in [-0.2, 0) is 21.2 Å². The summed E-state index contributed by atoms with van der Waals surface area (Å²) in [7, 11) is -0.140. The van der Waals surface area contributed by atoms with E-state index in [1.807, 2.05) is 37.2 Å². The van der Waals surface area contributed by atoms with E-state index in [2.05, 4.69) is 0 Å². The minimum absolute atomic E-state index is 0.0265. The van der Waals surface area contributed by atoms with Crippen LogP contribution in [0.25, 0.3) is 21.7 Å². The largest absolute Gasteiger partial charge is 0.480 e. The molecule has 0 aliphatic carbocycles. The average Bonchev–Trinajstić information content (AvgIpc) is 3.12. The highest BCUT2D eigenvalue weighted by molar-refractivity contribution is 7.90. The predicted octanol–water partition coefficient (Wildman–Crippen LogP) is 3.05. The van der Waals surface area contributed by atoms with Gasteiger partial charge in [0.15, 0.2) is 0 Å². The van der Waals surface area contributed by atoms with Crippen LogP contribution in [0.1, 0.15) is 5.56 Å². The second-order valence-electron chi connectivity index (χ2n) is 7.64. The summed E-state index contributed by atoms with van der Waals surface area (Å²) in [5.41, 5.74) is 7.70. The number of aliphatic carboxylic acids is 1. The highest BCUT2D eigenvalue weighted by atomic mass is 32.2. The molecule has 3 aromatic carbocycles. The number of aromatic nitrogens is 1. The first-order chi connectivity index (χ1) is 14.7. The van der Waals surface area contributed by atoms with Gasteiger partial charge in [-0.15, -0.1) is 0 Å². The van der Waals surface area contributed by atoms with Gasteiger partial charge >= 0.3 is 5.97 Å². The van der Waals surface area contributed by atoms with Crippen LogP contribution in [-0.4, -0.2) is 43.6 Å². The molecule has 0 aliphatic rings. The molecule has 3 N–H and O–H groups in total. The molecule has 1 heterocycles. The fraction of sp³-hybridized carbons (Fsp3) is 0.174. The van der Waals surface area contributed by atoms with Crippen LogP contribution in [0.4, 0.5) is 5.69 Å². The first-order valence-corrected chi connectivity index (χ1v) is 11.2. The van der Waals surface area contributed by atoms with Gasteiger partial charge < -0.3 is 15.7 Å². The summed E-state index contributed by atoms with van der Waals surface area (Å²) >= 11 is 0. The van der Waals surface area contributed by atoms with E-state index in [9.17, 15) is 18.3 Å². The molecule has 160 valence electrons. The Morgan fingerprint density at radius 2 is 1.65 bits per heavy atom. The van der Waals surface area contributed by atoms with Crippen molar-refractivity contribution in [3.63, 3.8) is 0 Å². The molecule has 0 unspecified atom stereocenters. The van der Waals surface area contributed by atoms with Crippen LogP contribution in [0.3, 0.4) is 0 Å². The first kappa shape index (κ1) is 20.9. The fourth-order valence-electron chi connectivity index (χ4n) is 3.89. The topological polar surface area (TPSA) is 106 Å². The van der Waals surface area contributed by atoms with E-state index in [0.29, 0.717) is 21.9 Å². The maximum Gasteiger partial charge on any atom is 0.320 e. The van der Waals surface area contributed by atoms with Crippen LogP contribution in [0.5, 0.6) is 0 Å². The zero-order valence-electron chi connectivity index (χ0n) is 17.2. The third-order valence-corrected chi connectivity index (χ3v) is 7.13. The van der Waals surface area contributed by atoms with Crippen molar-refractivity contribution in [1.82, 2.24) is 3.97 Å². The lowest BCUT2D eigenvalue weighted by Gasteiger charge is -2.17. The zero-order chi connectivity index (χ0) is 22.3. The zero-order valence-corrected chi connectivity index (χ0v) is 18.0. The number of fused-ring (bicyclic) bond motifs is 2. The molecule has 31 heavy (non-hydrogen) atoms. The van der Waals surface area contributed by atoms with Crippen molar-refractivity contribution in [3.05, 3.63) is 72.4 Å². The van der Waals surface area contributed by atoms with Crippen molar-refractivity contribution < 1.29 is 18.3 Å². The van der Waals surface area contributed by atoms with Crippen LogP contribution < -0.4 is 10.6 Å². The van der Waals surface area contributed by atoms with Crippen molar-refractivity contribution in [3.8, 4) is 0 Å². The summed E-state index contributed by atoms with van der Waals surface area (Å²) in [6, 6.07) is 16.7. The van der Waals surface area contributed by atoms with E-state index in [-0.39, 0.29) is 11.3 Å². The normalized spacial score (nSPS) is 12.9. The molecule has 0 aliphatic heterocycles. The third kappa shape index (κ3) is 3.54. The summed E-state index contributed by atoms with van der Waals surface area (Å²) in [6.07, 6.45) is 1.51. The summed E-state index contributed by atoms with van der Waals surface area (Å²) in [4.78, 5) is 13.4. The van der Waals surface area contributed by atoms with Gasteiger partial charge in [0, 0.05) is 48.6 Å². The van der Waals surface area contributed by atoms with Crippen LogP contribution in [0, 0.1) is 0 Å². The number of benzene rings is 3. The Kier molecular flexibility index (Phi) is 5.20. The lowest BCUT2D eigenvalue weighted by atomic mass is 10.1. The maximum absolute atomic E-state index is 13.8. The Balaban J connectivity index is 1.95. The van der Waals surface area contributed by atoms with Crippen molar-refractivity contribution in [2.45, 2.75) is 17.4 Å². The Morgan fingerprint density at radius 1 is 1.00 bits per heavy atom. The monoisotopic (exact) mass is 437 g/mol. The number of nitrogens with zero attached hydrogens (tertiary/aromatic N) is 2. The molecule has 8 heteroatoms. The predicted molar refractivity (Wildman–Crippen MR) is 122 cm³/mol. The number of carboxylic acid groups (broad SMARTS) is 1. The molecule has 1 aromatic heterocycles. The standard InChI is InChI=1S/C23H23N3O4S/c1-25(2)20-11-5-9-18-17(20)8-6-12-22(18)31(29,30)26-14-15(13-19(24)23(27)28)16-7-3-4-10-21(16)26/h3-12,14,19H,13,24H2,1-2H3,(H,27,28)/t19-/m0/s1. The summed E-state index contributed by atoms with van der Waals surface area (Å²) in [5.74, 6) is -1.13. The quantitative estimate of drug-likeness (QED) is 0.480. The van der Waals surface area contributed by atoms with E-state index in [1.165, 1.54) is 10.2 Å². The number of carbonyl (C=O) groups is 1. The van der Waals surface area contributed by atoms with E-state index in [0.717, 1.165) is 11.1 Å². The second kappa shape index (κ2) is 7.72. The number of hydrogen-bond acceptors (Lipinski definition) is 5. The molecule has 0 amide bonds. The lowest BCUT2D eigenvalue weighted by Crippen LogP contribution is -2.32. The molecule has 1 atom stereocenters. The van der Waals surface area contributed by atoms with Gasteiger partial charge in [0.05, 0.1) is 10.4 Å². The molecule has 0 spiro atoms. The highest BCUT2D eigenvalue weighted by Crippen LogP contribution is 2.33. The van der Waals surface area contributed by atoms with Gasteiger partial charge in [-0.2, -0.15) is 0 Å². The smallest absolute Gasteiger partial charge is 0.320 e. The summed E-state index contributed by atoms with van der Waals surface area (Å²) < 4.78 is 28.8. The number of rotatable bonds is 6. The van der Waals surface area contributed by atoms with Gasteiger partial charge in [-0.05, 0) is 23.8 Å². The summed E-state index contributed by atoms with van der Waals surface area (Å²) in [5, 5.41) is 11.3. The van der Waals surface area contributed by atoms with Crippen molar-refractivity contribution in [1.29, 1.82) is 0 Å². The molecule has 0 bridgehead atoms. The molecule has 0 fully saturated rings. The molecule has 7 nitrogen and oxygen atoms in total. The van der Waals surface area contributed by atoms with E-state index in [1.54, 1.807) is 42.5 Å². The number of hydrogen-bond donors (Lipinski definition) is 2. The molecule has 0 radical (unpaired) electrons. The fourth-order valence-corrected chi connectivity index (χ4v) is 5.49. The Bertz CT molecular complexity index is 1410. The number of carboxylic acids is 1. The Labute approximate surface area is 180 Å². The molecular weight excluding hydrogens is 414 g/mol. The first-order valence-electron chi connectivity index (χ1n) is 9.74. The maximum atomic E-state index is 13.8. The van der Waals surface area contributed by atoms with Gasteiger partial charge in [0.2, 0.25) is 0 Å². The van der Waals surface area contributed by atoms with Gasteiger partial charge in [-0.1, -0.05) is 42.5 Å². The van der Waals surface area contributed by atoms with Crippen LogP contribution in [0.15, 0.2) is 71.8 Å². The SMILES string of the molecule is CN(C)c1cccc2c(S(=O)(=O)n3cc(C[C@H](N)C(=O)O)c4ccccc43)cccc12. The Hall–Kier alpha value is -3.36. The van der Waals surface area contributed by atoms with Gasteiger partial charge in [0.25, 0.3) is 10.0 Å². The van der Waals surface area contributed by atoms with E-state index in [4.69, 9.17) is 5.73 Å². The minimum Gasteiger partial charge on any atom is -0.480 e. The van der Waals surface area contributed by atoms with Crippen LogP contribution in [0.2, 0.25) is 0 Å². The Morgan fingerprint density at radius 3 is 2.35 bits per heavy atom. The van der Waals surface area contributed by atoms with Gasteiger partial charge in [-0.3, -0.25) is 4.79 Å². The number of anilines is 1. The number of nitrogens with two attached hydrogens (primary N) is 1. The molecule has 4 aromatic rings. The van der Waals surface area contributed by atoms with E-state index >= 15 is 0 Å². The molecule has 4 rings (SSSR count). The second-order valence-corrected chi connectivity index (χ2v) is 9.43. The van der Waals surface area contributed by atoms with Gasteiger partial charge in [-0.25, -0.2) is 12.4 Å². The number of para-hydroxylation sites is 1. The van der Waals surface area contributed by atoms with E-state index < -0.39 is 22.0 Å². The minimum atomic E-state index is -3.96. The molecule has 0 saturated carbocycles. The van der Waals surface area contributed by atoms with Crippen molar-refractivity contribution >= 4 is 43.4 Å². The average molecular weight is 438 g/mol. The molecular formula is C23H23N3O4S.